The van der Waals surface area contributed by atoms with Gasteiger partial charge in [0.15, 0.2) is 0 Å². The first-order valence-corrected chi connectivity index (χ1v) is 0. The molecule has 0 aliphatic rings. The molecule has 0 fully saturated rings. The summed E-state index contributed by atoms with van der Waals surface area (Å²) in [5.41, 5.74) is 0. The summed E-state index contributed by atoms with van der Waals surface area (Å²) >= 11 is 0. The number of rotatable bonds is 0. The largest absolute Gasteiger partial charge is 3.00 e. The monoisotopic (exact) mass is 329 g/mol. The molecule has 0 saturated carbocycles. The first-order chi connectivity index (χ1) is 0. The summed E-state index contributed by atoms with van der Waals surface area (Å²) in [6, 6.07) is 0. The van der Waals surface area contributed by atoms with Gasteiger partial charge >= 0.3 is 26.2 Å². The van der Waals surface area contributed by atoms with Crippen LogP contribution in [0.1, 0.15) is 0 Å². The van der Waals surface area contributed by atoms with E-state index in [0.29, 0.717) is 0 Å². The summed E-state index contributed by atoms with van der Waals surface area (Å²) in [4.78, 5) is 0. The Kier molecular flexibility index (Phi) is 2950. The molecule has 5 N–H and O–H groups in total. The molecule has 3 radical (unpaired) electrons. The van der Waals surface area contributed by atoms with E-state index in [9.17, 15) is 0 Å². The Labute approximate surface area is 66.5 Å². The molecule has 4 nitrogen and oxygen atoms in total. The van der Waals surface area contributed by atoms with Crippen molar-refractivity contribution < 1.29 is 40.5 Å². The fourth-order valence-electron chi connectivity index (χ4n) is 0. The van der Waals surface area contributed by atoms with E-state index in [2.05, 4.69) is 0 Å². The Hall–Kier alpha value is 1.31. The molecule has 6 heteroatoms. The van der Waals surface area contributed by atoms with Crippen molar-refractivity contribution in [2.45, 2.75) is 0 Å². The molecule has 0 saturated heterocycles. The fraction of sp³-hybridized carbons (Fsp3) is 0. The molecule has 0 aliphatic heterocycles. The van der Waals surface area contributed by atoms with E-state index in [1.165, 1.54) is 0 Å². The molecule has 0 bridgehead atoms. The van der Waals surface area contributed by atoms with Crippen LogP contribution in [0.25, 0.3) is 0 Å². The minimum Gasteiger partial charge on any atom is -0.870 e. The normalized spacial score (nSPS) is 0. The van der Waals surface area contributed by atoms with E-state index in [4.69, 9.17) is 0 Å². The molecule has 6 heavy (non-hydrogen) atoms. The van der Waals surface area contributed by atoms with Crippen LogP contribution in [-0.4, -0.2) is 48.1 Å². The van der Waals surface area contributed by atoms with Crippen LogP contribution in [0.15, 0.2) is 0 Å². The molecule has 0 heterocycles. The zero-order valence-corrected chi connectivity index (χ0v) is 7.61. The Balaban J connectivity index is 0. The SMILES string of the molecule is O.[Bi+3].[OH-].[OH-].[OH-].[V]. The van der Waals surface area contributed by atoms with Gasteiger partial charge in [0, 0.05) is 18.6 Å². The molecule has 0 aliphatic carbocycles. The molecular formula is H5BiO4V. The van der Waals surface area contributed by atoms with Crippen LogP contribution >= 0.6 is 0 Å². The van der Waals surface area contributed by atoms with Gasteiger partial charge < -0.3 is 21.9 Å². The van der Waals surface area contributed by atoms with E-state index < -0.39 is 0 Å². The van der Waals surface area contributed by atoms with Gasteiger partial charge in [-0.05, 0) is 0 Å². The Morgan fingerprint density at radius 3 is 0.667 bits per heavy atom. The summed E-state index contributed by atoms with van der Waals surface area (Å²) in [7, 11) is 0. The number of hydrogen-bond acceptors (Lipinski definition) is 3. The summed E-state index contributed by atoms with van der Waals surface area (Å²) in [6.07, 6.45) is 0. The number of hydrogen-bond donors (Lipinski definition) is 0. The van der Waals surface area contributed by atoms with E-state index in [1.54, 1.807) is 0 Å². The van der Waals surface area contributed by atoms with Crippen molar-refractivity contribution in [3.8, 4) is 0 Å². The van der Waals surface area contributed by atoms with Gasteiger partial charge in [0.05, 0.1) is 0 Å². The molecule has 0 spiro atoms. The smallest absolute Gasteiger partial charge is 0.870 e. The van der Waals surface area contributed by atoms with Crippen LogP contribution in [0, 0.1) is 0 Å². The second-order valence-electron chi connectivity index (χ2n) is 0. The molecule has 0 rings (SSSR count). The van der Waals surface area contributed by atoms with Crippen LogP contribution in [-0.2, 0) is 18.6 Å². The van der Waals surface area contributed by atoms with Crippen molar-refractivity contribution >= 4 is 26.2 Å². The van der Waals surface area contributed by atoms with Gasteiger partial charge in [-0.1, -0.05) is 0 Å². The third-order valence-electron chi connectivity index (χ3n) is 0. The summed E-state index contributed by atoms with van der Waals surface area (Å²) in [5.74, 6) is 0. The third-order valence-corrected chi connectivity index (χ3v) is 0. The van der Waals surface area contributed by atoms with E-state index >= 15 is 0 Å². The van der Waals surface area contributed by atoms with E-state index in [-0.39, 0.29) is 66.7 Å². The van der Waals surface area contributed by atoms with Crippen molar-refractivity contribution in [2.75, 3.05) is 0 Å². The summed E-state index contributed by atoms with van der Waals surface area (Å²) < 4.78 is 0. The van der Waals surface area contributed by atoms with Crippen molar-refractivity contribution in [3.05, 3.63) is 0 Å². The average molecular weight is 329 g/mol. The topological polar surface area (TPSA) is 122 Å². The molecule has 0 amide bonds. The Morgan fingerprint density at radius 2 is 0.667 bits per heavy atom. The van der Waals surface area contributed by atoms with Gasteiger partial charge in [0.2, 0.25) is 0 Å². The van der Waals surface area contributed by atoms with Crippen molar-refractivity contribution in [2.24, 2.45) is 0 Å². The maximum absolute atomic E-state index is 0. The first-order valence-electron chi connectivity index (χ1n) is 0. The Morgan fingerprint density at radius 1 is 0.667 bits per heavy atom. The quantitative estimate of drug-likeness (QED) is 0.490. The maximum Gasteiger partial charge on any atom is 3.00 e. The maximum atomic E-state index is 0. The second kappa shape index (κ2) is 104. The molecule has 0 atom stereocenters. The van der Waals surface area contributed by atoms with Gasteiger partial charge in [-0.25, -0.2) is 0 Å². The van der Waals surface area contributed by atoms with Gasteiger partial charge in [-0.15, -0.1) is 0 Å². The fourth-order valence-corrected chi connectivity index (χ4v) is 0. The first kappa shape index (κ1) is 170. The average Bonchev–Trinajstić information content (AvgIpc) is 0. The summed E-state index contributed by atoms with van der Waals surface area (Å²) in [5, 5.41) is 0. The third kappa shape index (κ3) is 57.6. The van der Waals surface area contributed by atoms with Crippen molar-refractivity contribution in [1.29, 1.82) is 0 Å². The Bertz CT molecular complexity index is 7.51. The van der Waals surface area contributed by atoms with Crippen LogP contribution in [0.3, 0.4) is 0 Å². The van der Waals surface area contributed by atoms with Gasteiger partial charge in [-0.2, -0.15) is 0 Å². The van der Waals surface area contributed by atoms with Gasteiger partial charge in [0.1, 0.15) is 0 Å². The predicted molar refractivity (Wildman–Crippen MR) is 15.2 cm³/mol. The minimum atomic E-state index is 0. The molecular weight excluding hydrogens is 324 g/mol. The minimum absolute atomic E-state index is 0. The van der Waals surface area contributed by atoms with Crippen molar-refractivity contribution in [1.82, 2.24) is 0 Å². The van der Waals surface area contributed by atoms with Crippen molar-refractivity contribution in [3.63, 3.8) is 0 Å². The molecule has 0 aromatic heterocycles. The summed E-state index contributed by atoms with van der Waals surface area (Å²) in [6.45, 7) is 0. The predicted octanol–water partition coefficient (Wildman–Crippen LogP) is -1.74. The van der Waals surface area contributed by atoms with Crippen LogP contribution in [0.4, 0.5) is 0 Å². The van der Waals surface area contributed by atoms with Crippen LogP contribution in [0.5, 0.6) is 0 Å². The van der Waals surface area contributed by atoms with Gasteiger partial charge in [0.25, 0.3) is 0 Å². The van der Waals surface area contributed by atoms with E-state index in [1.807, 2.05) is 0 Å². The van der Waals surface area contributed by atoms with Crippen LogP contribution in [0.2, 0.25) is 0 Å². The standard InChI is InChI=1S/Bi.4H2O.V/h;4*1H2;/q+3;;;;;/p-3. The molecule has 0 unspecified atom stereocenters. The molecule has 0 aromatic rings. The van der Waals surface area contributed by atoms with E-state index in [0.717, 1.165) is 0 Å². The van der Waals surface area contributed by atoms with Crippen LogP contribution < -0.4 is 0 Å². The zero-order chi connectivity index (χ0) is 0. The zero-order valence-electron chi connectivity index (χ0n) is 2.74. The molecule has 0 aromatic carbocycles. The second-order valence-corrected chi connectivity index (χ2v) is 0. The molecule has 39 valence electrons. The van der Waals surface area contributed by atoms with Gasteiger partial charge in [-0.3, -0.25) is 0 Å².